The van der Waals surface area contributed by atoms with E-state index in [1.165, 1.54) is 24.3 Å². The van der Waals surface area contributed by atoms with E-state index in [4.69, 9.17) is 4.74 Å². The second kappa shape index (κ2) is 7.06. The third-order valence-electron chi connectivity index (χ3n) is 3.15. The van der Waals surface area contributed by atoms with Gasteiger partial charge in [0.15, 0.2) is 0 Å². The number of nitrogens with one attached hydrogen (secondary N) is 4. The second-order valence-corrected chi connectivity index (χ2v) is 24.0. The largest absolute Gasteiger partial charge is 0.328 e. The molecular formula is C8H22N5P3S4+2. The molecule has 0 aromatic heterocycles. The molecule has 2 atom stereocenters. The van der Waals surface area contributed by atoms with E-state index in [1.807, 2.05) is 34.1 Å². The first-order chi connectivity index (χ1) is 9.66. The first-order valence-electron chi connectivity index (χ1n) is 6.56. The minimum Gasteiger partial charge on any atom is -0.260 e. The number of hydrogen-bond acceptors (Lipinski definition) is 9. The van der Waals surface area contributed by atoms with Crippen LogP contribution < -0.4 is 19.7 Å². The normalized spacial score (nSPS) is 40.7. The molecule has 0 aromatic rings. The van der Waals surface area contributed by atoms with Gasteiger partial charge >= 0.3 is 12.9 Å². The van der Waals surface area contributed by atoms with Crippen molar-refractivity contribution in [2.75, 3.05) is 37.1 Å². The lowest BCUT2D eigenvalue weighted by Crippen LogP contribution is -2.44. The maximum Gasteiger partial charge on any atom is 0.328 e. The van der Waals surface area contributed by atoms with Crippen LogP contribution in [0.5, 0.6) is 0 Å². The average Bonchev–Trinajstić information content (AvgIpc) is 2.48. The highest BCUT2D eigenvalue weighted by atomic mass is 33.1. The first-order valence-corrected chi connectivity index (χ1v) is 18.7. The smallest absolute Gasteiger partial charge is 0.260 e. The van der Waals surface area contributed by atoms with Crippen molar-refractivity contribution in [3.05, 3.63) is 0 Å². The molecule has 12 heteroatoms. The third-order valence-corrected chi connectivity index (χ3v) is 29.4. The molecule has 5 nitrogen and oxygen atoms in total. The SMILES string of the molecule is CS[P+]1(SC)NP2(=NCCCS2)N[P+]2(NCCCS2)N1. The van der Waals surface area contributed by atoms with E-state index in [0.29, 0.717) is 0 Å². The Bertz CT molecular complexity index is 415. The Morgan fingerprint density at radius 2 is 2.00 bits per heavy atom. The maximum atomic E-state index is 5.05. The van der Waals surface area contributed by atoms with E-state index in [-0.39, 0.29) is 0 Å². The summed E-state index contributed by atoms with van der Waals surface area (Å²) < 4.78 is 5.05. The second-order valence-electron chi connectivity index (χ2n) is 4.55. The number of hydrogen-bond donors (Lipinski definition) is 4. The zero-order valence-electron chi connectivity index (χ0n) is 11.7. The van der Waals surface area contributed by atoms with E-state index in [2.05, 4.69) is 43.6 Å². The fraction of sp³-hybridized carbons (Fsp3) is 1.00. The molecule has 2 spiro atoms. The fourth-order valence-electron chi connectivity index (χ4n) is 2.18. The molecule has 3 aliphatic heterocycles. The maximum absolute atomic E-state index is 5.05. The number of nitrogens with zero attached hydrogens (tertiary/aromatic N) is 1. The predicted molar refractivity (Wildman–Crippen MR) is 107 cm³/mol. The lowest BCUT2D eigenvalue weighted by Gasteiger charge is -2.41. The molecule has 0 amide bonds. The van der Waals surface area contributed by atoms with E-state index in [0.717, 1.165) is 13.1 Å². The van der Waals surface area contributed by atoms with Gasteiger partial charge in [0.2, 0.25) is 6.56 Å². The molecule has 20 heavy (non-hydrogen) atoms. The molecule has 0 radical (unpaired) electrons. The molecule has 0 bridgehead atoms. The molecule has 2 unspecified atom stereocenters. The Morgan fingerprint density at radius 1 is 1.15 bits per heavy atom. The Labute approximate surface area is 139 Å². The zero-order chi connectivity index (χ0) is 14.1. The molecule has 2 saturated heterocycles. The summed E-state index contributed by atoms with van der Waals surface area (Å²) in [6, 6.07) is 0. The number of rotatable bonds is 2. The van der Waals surface area contributed by atoms with Crippen LogP contribution in [0.1, 0.15) is 12.8 Å². The van der Waals surface area contributed by atoms with Crippen molar-refractivity contribution in [3.8, 4) is 0 Å². The summed E-state index contributed by atoms with van der Waals surface area (Å²) in [6.07, 6.45) is 6.94. The summed E-state index contributed by atoms with van der Waals surface area (Å²) in [4.78, 5) is 11.9. The Kier molecular flexibility index (Phi) is 6.06. The van der Waals surface area contributed by atoms with Gasteiger partial charge in [0.05, 0.1) is 34.1 Å². The molecule has 3 rings (SSSR count). The van der Waals surface area contributed by atoms with Crippen molar-refractivity contribution < 1.29 is 0 Å². The summed E-state index contributed by atoms with van der Waals surface area (Å²) in [6.45, 7) is -1.02. The predicted octanol–water partition coefficient (Wildman–Crippen LogP) is 4.66. The zero-order valence-corrected chi connectivity index (χ0v) is 17.6. The summed E-state index contributed by atoms with van der Waals surface area (Å²) in [5.41, 5.74) is 0. The quantitative estimate of drug-likeness (QED) is 0.492. The van der Waals surface area contributed by atoms with E-state index >= 15 is 0 Å². The van der Waals surface area contributed by atoms with Crippen LogP contribution in [0, 0.1) is 0 Å². The molecule has 116 valence electrons. The highest BCUT2D eigenvalue weighted by Gasteiger charge is 2.65. The molecule has 3 aliphatic rings. The van der Waals surface area contributed by atoms with Crippen molar-refractivity contribution in [2.45, 2.75) is 12.8 Å². The van der Waals surface area contributed by atoms with Crippen LogP contribution in [-0.4, -0.2) is 37.1 Å². The first kappa shape index (κ1) is 17.2. The van der Waals surface area contributed by atoms with E-state index in [9.17, 15) is 0 Å². The van der Waals surface area contributed by atoms with Crippen LogP contribution in [-0.2, 0) is 0 Å². The molecule has 0 saturated carbocycles. The van der Waals surface area contributed by atoms with Gasteiger partial charge < -0.3 is 0 Å². The molecular weight excluding hydrogens is 387 g/mol. The van der Waals surface area contributed by atoms with Crippen LogP contribution >= 0.6 is 65.0 Å². The van der Waals surface area contributed by atoms with Gasteiger partial charge in [-0.15, -0.1) is 5.09 Å². The van der Waals surface area contributed by atoms with Crippen LogP contribution in [0.25, 0.3) is 0 Å². The van der Waals surface area contributed by atoms with Crippen LogP contribution in [0.3, 0.4) is 0 Å². The van der Waals surface area contributed by atoms with Crippen LogP contribution in [0.2, 0.25) is 0 Å². The molecule has 3 heterocycles. The van der Waals surface area contributed by atoms with Crippen molar-refractivity contribution >= 4 is 65.0 Å². The van der Waals surface area contributed by atoms with Crippen molar-refractivity contribution in [1.29, 1.82) is 0 Å². The summed E-state index contributed by atoms with van der Waals surface area (Å²) in [5.74, 6) is 1.02. The van der Waals surface area contributed by atoms with Gasteiger partial charge in [0.1, 0.15) is 0 Å². The van der Waals surface area contributed by atoms with Gasteiger partial charge in [0, 0.05) is 42.0 Å². The Balaban J connectivity index is 1.95. The van der Waals surface area contributed by atoms with Gasteiger partial charge in [-0.2, -0.15) is 0 Å². The topological polar surface area (TPSA) is 60.5 Å². The fourth-order valence-corrected chi connectivity index (χ4v) is 35.2. The summed E-state index contributed by atoms with van der Waals surface area (Å²) in [5, 5.41) is 3.80. The molecule has 2 fully saturated rings. The minimum atomic E-state index is -1.62. The van der Waals surface area contributed by atoms with Crippen molar-refractivity contribution in [2.24, 2.45) is 4.74 Å². The lowest BCUT2D eigenvalue weighted by molar-refractivity contribution is 0.854. The minimum absolute atomic E-state index is 1.01. The highest BCUT2D eigenvalue weighted by molar-refractivity contribution is 8.96. The highest BCUT2D eigenvalue weighted by Crippen LogP contribution is 2.89. The Hall–Kier alpha value is 2.33. The third kappa shape index (κ3) is 3.54. The van der Waals surface area contributed by atoms with Crippen LogP contribution in [0.4, 0.5) is 0 Å². The van der Waals surface area contributed by atoms with Crippen molar-refractivity contribution in [3.63, 3.8) is 0 Å². The van der Waals surface area contributed by atoms with Gasteiger partial charge in [-0.1, -0.05) is 21.1 Å². The van der Waals surface area contributed by atoms with Gasteiger partial charge in [-0.25, -0.2) is 0 Å². The van der Waals surface area contributed by atoms with Gasteiger partial charge in [-0.05, 0) is 12.8 Å². The Morgan fingerprint density at radius 3 is 2.60 bits per heavy atom. The molecule has 0 aliphatic carbocycles. The summed E-state index contributed by atoms with van der Waals surface area (Å²) in [7, 11) is 0. The standard InChI is InChI=1S/C8H22N5P3S4/c1-17-16(18-2)12-14(9-5-3-7-19-14)11-15(13-16)10-6-4-8-20-15/h9,11-13H,3-8H2,1-2H3/q+2. The van der Waals surface area contributed by atoms with E-state index in [1.54, 1.807) is 0 Å². The lowest BCUT2D eigenvalue weighted by atomic mass is 10.5. The van der Waals surface area contributed by atoms with Gasteiger partial charge in [-0.3, -0.25) is 4.74 Å². The van der Waals surface area contributed by atoms with Gasteiger partial charge in [0.25, 0.3) is 0 Å². The molecule has 0 aromatic carbocycles. The van der Waals surface area contributed by atoms with Crippen molar-refractivity contribution in [1.82, 2.24) is 19.7 Å². The molecule has 4 N–H and O–H groups in total. The monoisotopic (exact) mass is 409 g/mol. The average molecular weight is 409 g/mol. The summed E-state index contributed by atoms with van der Waals surface area (Å²) >= 11 is 8.06. The van der Waals surface area contributed by atoms with E-state index < -0.39 is 19.4 Å². The van der Waals surface area contributed by atoms with Crippen LogP contribution in [0.15, 0.2) is 4.74 Å².